The number of carboxylic acid groups (broad SMARTS) is 1. The Morgan fingerprint density at radius 3 is 2.75 bits per heavy atom. The fraction of sp³-hybridized carbons (Fsp3) is 0.300. The van der Waals surface area contributed by atoms with Crippen LogP contribution in [0.4, 0.5) is 8.78 Å². The Balaban J connectivity index is 2.81. The van der Waals surface area contributed by atoms with Crippen molar-refractivity contribution < 1.29 is 23.4 Å². The van der Waals surface area contributed by atoms with Crippen molar-refractivity contribution >= 4 is 17.7 Å². The SMILES string of the molecule is COCC(Sc1ccc(F)cc1F)C(=O)O. The first-order chi connectivity index (χ1) is 7.54. The quantitative estimate of drug-likeness (QED) is 0.811. The molecule has 0 amide bonds. The summed E-state index contributed by atoms with van der Waals surface area (Å²) in [7, 11) is 1.36. The van der Waals surface area contributed by atoms with Gasteiger partial charge >= 0.3 is 5.97 Å². The van der Waals surface area contributed by atoms with Crippen molar-refractivity contribution in [3.05, 3.63) is 29.8 Å². The van der Waals surface area contributed by atoms with E-state index >= 15 is 0 Å². The Labute approximate surface area is 95.4 Å². The summed E-state index contributed by atoms with van der Waals surface area (Å²) >= 11 is 0.791. The lowest BCUT2D eigenvalue weighted by molar-refractivity contribution is -0.137. The van der Waals surface area contributed by atoms with Crippen LogP contribution in [0.25, 0.3) is 0 Å². The maximum atomic E-state index is 13.2. The lowest BCUT2D eigenvalue weighted by atomic mass is 10.3. The van der Waals surface area contributed by atoms with Gasteiger partial charge in [-0.2, -0.15) is 0 Å². The first-order valence-corrected chi connectivity index (χ1v) is 5.26. The molecular weight excluding hydrogens is 238 g/mol. The number of halogens is 2. The summed E-state index contributed by atoms with van der Waals surface area (Å²) in [5, 5.41) is 7.90. The second-order valence-electron chi connectivity index (χ2n) is 2.97. The fourth-order valence-corrected chi connectivity index (χ4v) is 1.96. The molecule has 0 bridgehead atoms. The Morgan fingerprint density at radius 1 is 1.56 bits per heavy atom. The minimum Gasteiger partial charge on any atom is -0.480 e. The van der Waals surface area contributed by atoms with Crippen molar-refractivity contribution in [2.24, 2.45) is 0 Å². The van der Waals surface area contributed by atoms with E-state index in [4.69, 9.17) is 9.84 Å². The van der Waals surface area contributed by atoms with Gasteiger partial charge in [0.15, 0.2) is 0 Å². The molecule has 1 rings (SSSR count). The predicted molar refractivity (Wildman–Crippen MR) is 55.5 cm³/mol. The smallest absolute Gasteiger partial charge is 0.319 e. The zero-order valence-corrected chi connectivity index (χ0v) is 9.26. The summed E-state index contributed by atoms with van der Waals surface area (Å²) in [5.74, 6) is -2.57. The van der Waals surface area contributed by atoms with Gasteiger partial charge in [-0.05, 0) is 12.1 Å². The molecule has 3 nitrogen and oxygen atoms in total. The molecule has 88 valence electrons. The summed E-state index contributed by atoms with van der Waals surface area (Å²) in [6, 6.07) is 3.01. The van der Waals surface area contributed by atoms with Crippen molar-refractivity contribution in [2.75, 3.05) is 13.7 Å². The molecule has 1 atom stereocenters. The Kier molecular flexibility index (Phi) is 4.70. The average molecular weight is 248 g/mol. The molecule has 0 fully saturated rings. The lowest BCUT2D eigenvalue weighted by Crippen LogP contribution is -2.21. The van der Waals surface area contributed by atoms with E-state index < -0.39 is 22.9 Å². The van der Waals surface area contributed by atoms with E-state index in [0.717, 1.165) is 17.8 Å². The number of carbonyl (C=O) groups is 1. The molecule has 0 aliphatic heterocycles. The second-order valence-corrected chi connectivity index (χ2v) is 4.22. The van der Waals surface area contributed by atoms with E-state index in [0.29, 0.717) is 6.07 Å². The number of benzene rings is 1. The minimum absolute atomic E-state index is 0.0448. The summed E-state index contributed by atoms with van der Waals surface area (Å²) in [6.07, 6.45) is 0. The molecule has 0 saturated heterocycles. The van der Waals surface area contributed by atoms with Crippen LogP contribution in [0, 0.1) is 11.6 Å². The molecular formula is C10H10F2O3S. The number of rotatable bonds is 5. The van der Waals surface area contributed by atoms with Crippen molar-refractivity contribution in [1.82, 2.24) is 0 Å². The number of aliphatic carboxylic acids is 1. The van der Waals surface area contributed by atoms with Gasteiger partial charge in [0.2, 0.25) is 0 Å². The number of thioether (sulfide) groups is 1. The summed E-state index contributed by atoms with van der Waals surface area (Å²) < 4.78 is 30.5. The highest BCUT2D eigenvalue weighted by Gasteiger charge is 2.20. The fourth-order valence-electron chi connectivity index (χ4n) is 1.03. The molecule has 0 radical (unpaired) electrons. The first kappa shape index (κ1) is 12.9. The van der Waals surface area contributed by atoms with Gasteiger partial charge in [0.25, 0.3) is 0 Å². The Hall–Kier alpha value is -1.14. The van der Waals surface area contributed by atoms with E-state index in [1.807, 2.05) is 0 Å². The zero-order chi connectivity index (χ0) is 12.1. The van der Waals surface area contributed by atoms with Crippen molar-refractivity contribution in [3.8, 4) is 0 Å². The van der Waals surface area contributed by atoms with E-state index in [-0.39, 0.29) is 11.5 Å². The topological polar surface area (TPSA) is 46.5 Å². The summed E-state index contributed by atoms with van der Waals surface area (Å²) in [5.41, 5.74) is 0. The molecule has 0 aliphatic rings. The molecule has 1 unspecified atom stereocenters. The predicted octanol–water partition coefficient (Wildman–Crippen LogP) is 2.16. The van der Waals surface area contributed by atoms with Crippen LogP contribution >= 0.6 is 11.8 Å². The third-order valence-electron chi connectivity index (χ3n) is 1.76. The molecule has 0 heterocycles. The third kappa shape index (κ3) is 3.46. The van der Waals surface area contributed by atoms with Gasteiger partial charge in [0.1, 0.15) is 16.9 Å². The van der Waals surface area contributed by atoms with Crippen LogP contribution in [0.5, 0.6) is 0 Å². The van der Waals surface area contributed by atoms with Crippen LogP contribution in [0.1, 0.15) is 0 Å². The highest BCUT2D eigenvalue weighted by molar-refractivity contribution is 8.00. The van der Waals surface area contributed by atoms with Crippen LogP contribution in [0.15, 0.2) is 23.1 Å². The summed E-state index contributed by atoms with van der Waals surface area (Å²) in [4.78, 5) is 10.9. The molecule has 0 aromatic heterocycles. The Morgan fingerprint density at radius 2 is 2.25 bits per heavy atom. The van der Waals surface area contributed by atoms with E-state index in [2.05, 4.69) is 0 Å². The number of hydrogen-bond donors (Lipinski definition) is 1. The van der Waals surface area contributed by atoms with Gasteiger partial charge in [0, 0.05) is 18.1 Å². The largest absolute Gasteiger partial charge is 0.480 e. The van der Waals surface area contributed by atoms with Crippen LogP contribution < -0.4 is 0 Å². The molecule has 0 aliphatic carbocycles. The van der Waals surface area contributed by atoms with Crippen LogP contribution in [-0.4, -0.2) is 30.0 Å². The zero-order valence-electron chi connectivity index (χ0n) is 8.44. The molecule has 6 heteroatoms. The lowest BCUT2D eigenvalue weighted by Gasteiger charge is -2.11. The number of carboxylic acids is 1. The van der Waals surface area contributed by atoms with Gasteiger partial charge in [-0.25, -0.2) is 8.78 Å². The normalized spacial score (nSPS) is 12.4. The second kappa shape index (κ2) is 5.81. The van der Waals surface area contributed by atoms with Crippen LogP contribution in [0.2, 0.25) is 0 Å². The van der Waals surface area contributed by atoms with Gasteiger partial charge in [-0.1, -0.05) is 0 Å². The van der Waals surface area contributed by atoms with Crippen LogP contribution in [0.3, 0.4) is 0 Å². The summed E-state index contributed by atoms with van der Waals surface area (Å²) in [6.45, 7) is -0.0448. The minimum atomic E-state index is -1.10. The molecule has 0 spiro atoms. The van der Waals surface area contributed by atoms with E-state index in [9.17, 15) is 13.6 Å². The highest BCUT2D eigenvalue weighted by atomic mass is 32.2. The van der Waals surface area contributed by atoms with E-state index in [1.54, 1.807) is 0 Å². The van der Waals surface area contributed by atoms with Gasteiger partial charge in [0.05, 0.1) is 6.61 Å². The van der Waals surface area contributed by atoms with Gasteiger partial charge in [-0.15, -0.1) is 11.8 Å². The third-order valence-corrected chi connectivity index (χ3v) is 2.96. The maximum absolute atomic E-state index is 13.2. The molecule has 1 N–H and O–H groups in total. The Bertz CT molecular complexity index is 384. The number of hydrogen-bond acceptors (Lipinski definition) is 3. The van der Waals surface area contributed by atoms with Crippen molar-refractivity contribution in [3.63, 3.8) is 0 Å². The number of ether oxygens (including phenoxy) is 1. The van der Waals surface area contributed by atoms with Crippen molar-refractivity contribution in [2.45, 2.75) is 10.1 Å². The van der Waals surface area contributed by atoms with Gasteiger partial charge < -0.3 is 9.84 Å². The van der Waals surface area contributed by atoms with Crippen molar-refractivity contribution in [1.29, 1.82) is 0 Å². The average Bonchev–Trinajstić information content (AvgIpc) is 2.20. The maximum Gasteiger partial charge on any atom is 0.319 e. The van der Waals surface area contributed by atoms with E-state index in [1.165, 1.54) is 13.2 Å². The monoisotopic (exact) mass is 248 g/mol. The molecule has 1 aromatic carbocycles. The molecule has 16 heavy (non-hydrogen) atoms. The molecule has 1 aromatic rings. The van der Waals surface area contributed by atoms with Gasteiger partial charge in [-0.3, -0.25) is 4.79 Å². The standard InChI is InChI=1S/C10H10F2O3S/c1-15-5-9(10(13)14)16-8-3-2-6(11)4-7(8)12/h2-4,9H,5H2,1H3,(H,13,14). The molecule has 0 saturated carbocycles. The van der Waals surface area contributed by atoms with Crippen LogP contribution in [-0.2, 0) is 9.53 Å². The first-order valence-electron chi connectivity index (χ1n) is 4.38. The number of methoxy groups -OCH3 is 1. The highest BCUT2D eigenvalue weighted by Crippen LogP contribution is 2.26.